The number of para-hydroxylation sites is 1. The fourth-order valence-corrected chi connectivity index (χ4v) is 3.82. The summed E-state index contributed by atoms with van der Waals surface area (Å²) in [6.07, 6.45) is 0. The van der Waals surface area contributed by atoms with Gasteiger partial charge in [0, 0.05) is 21.2 Å². The van der Waals surface area contributed by atoms with Crippen LogP contribution in [0, 0.1) is 0 Å². The topological polar surface area (TPSA) is 39.4 Å². The fourth-order valence-electron chi connectivity index (χ4n) is 3.36. The Kier molecular flexibility index (Phi) is 5.83. The van der Waals surface area contributed by atoms with Crippen molar-refractivity contribution in [3.63, 3.8) is 0 Å². The molecule has 0 fully saturated rings. The molecule has 0 bridgehead atoms. The lowest BCUT2D eigenvalue weighted by atomic mass is 9.86. The molecule has 0 atom stereocenters. The molecular formula is C26H22Cl2O3. The summed E-state index contributed by atoms with van der Waals surface area (Å²) in [7, 11) is 0. The van der Waals surface area contributed by atoms with Crippen LogP contribution in [0.15, 0.2) is 75.9 Å². The molecule has 0 aliphatic heterocycles. The van der Waals surface area contributed by atoms with Crippen molar-refractivity contribution in [1.82, 2.24) is 0 Å². The van der Waals surface area contributed by atoms with Gasteiger partial charge in [-0.1, -0.05) is 86.4 Å². The quantitative estimate of drug-likeness (QED) is 0.319. The van der Waals surface area contributed by atoms with Gasteiger partial charge in [0.05, 0.1) is 5.39 Å². The minimum Gasteiger partial charge on any atom is -0.481 e. The maximum atomic E-state index is 13.3. The molecule has 0 amide bonds. The number of ether oxygens (including phenoxy) is 1. The van der Waals surface area contributed by atoms with Crippen molar-refractivity contribution in [3.05, 3.63) is 98.1 Å². The first-order chi connectivity index (χ1) is 14.7. The third-order valence-electron chi connectivity index (χ3n) is 5.16. The number of benzene rings is 3. The van der Waals surface area contributed by atoms with Crippen LogP contribution in [0.25, 0.3) is 22.3 Å². The van der Waals surface area contributed by atoms with E-state index in [1.165, 1.54) is 5.56 Å². The van der Waals surface area contributed by atoms with E-state index in [0.29, 0.717) is 26.8 Å². The number of hydrogen-bond donors (Lipinski definition) is 0. The molecule has 3 nitrogen and oxygen atoms in total. The van der Waals surface area contributed by atoms with E-state index in [0.717, 1.165) is 11.1 Å². The highest BCUT2D eigenvalue weighted by molar-refractivity contribution is 6.35. The predicted octanol–water partition coefficient (Wildman–Crippen LogP) is 7.64. The minimum absolute atomic E-state index is 0.0212. The molecule has 158 valence electrons. The summed E-state index contributed by atoms with van der Waals surface area (Å²) in [6, 6.07) is 20.3. The van der Waals surface area contributed by atoms with E-state index in [-0.39, 0.29) is 23.2 Å². The van der Waals surface area contributed by atoms with E-state index >= 15 is 0 Å². The van der Waals surface area contributed by atoms with E-state index in [9.17, 15) is 4.79 Å². The zero-order valence-corrected chi connectivity index (χ0v) is 19.1. The van der Waals surface area contributed by atoms with E-state index in [1.54, 1.807) is 36.4 Å². The highest BCUT2D eigenvalue weighted by atomic mass is 35.5. The van der Waals surface area contributed by atoms with Crippen molar-refractivity contribution >= 4 is 34.2 Å². The number of rotatable bonds is 4. The largest absolute Gasteiger partial charge is 0.481 e. The molecule has 0 N–H and O–H groups in total. The predicted molar refractivity (Wildman–Crippen MR) is 127 cm³/mol. The highest BCUT2D eigenvalue weighted by Crippen LogP contribution is 2.33. The van der Waals surface area contributed by atoms with Crippen LogP contribution in [0.2, 0.25) is 10.0 Å². The fraction of sp³-hybridized carbons (Fsp3) is 0.192. The lowest BCUT2D eigenvalue weighted by molar-refractivity contribution is 0.298. The third kappa shape index (κ3) is 4.48. The van der Waals surface area contributed by atoms with Gasteiger partial charge < -0.3 is 9.15 Å². The van der Waals surface area contributed by atoms with Crippen molar-refractivity contribution in [2.24, 2.45) is 0 Å². The summed E-state index contributed by atoms with van der Waals surface area (Å²) in [5, 5.41) is 1.49. The molecule has 0 saturated heterocycles. The lowest BCUT2D eigenvalue weighted by Crippen LogP contribution is -2.11. The average Bonchev–Trinajstić information content (AvgIpc) is 2.73. The van der Waals surface area contributed by atoms with Crippen LogP contribution in [0.5, 0.6) is 5.75 Å². The van der Waals surface area contributed by atoms with Gasteiger partial charge >= 0.3 is 0 Å². The molecule has 1 heterocycles. The van der Waals surface area contributed by atoms with Gasteiger partial charge in [0.15, 0.2) is 5.76 Å². The van der Waals surface area contributed by atoms with Gasteiger partial charge in [-0.2, -0.15) is 0 Å². The number of fused-ring (bicyclic) bond motifs is 1. The molecule has 0 saturated carbocycles. The Morgan fingerprint density at radius 2 is 1.65 bits per heavy atom. The highest BCUT2D eigenvalue weighted by Gasteiger charge is 2.20. The Bertz CT molecular complexity index is 1300. The van der Waals surface area contributed by atoms with Gasteiger partial charge in [-0.15, -0.1) is 0 Å². The van der Waals surface area contributed by atoms with Crippen LogP contribution in [-0.2, 0) is 12.0 Å². The van der Waals surface area contributed by atoms with Crippen molar-refractivity contribution < 1.29 is 9.15 Å². The zero-order chi connectivity index (χ0) is 22.2. The molecule has 31 heavy (non-hydrogen) atoms. The Hall–Kier alpha value is -2.75. The van der Waals surface area contributed by atoms with Crippen LogP contribution in [-0.4, -0.2) is 0 Å². The lowest BCUT2D eigenvalue weighted by Gasteiger charge is -2.19. The van der Waals surface area contributed by atoms with Gasteiger partial charge in [0.2, 0.25) is 11.2 Å². The Balaban J connectivity index is 1.81. The second kappa shape index (κ2) is 8.41. The van der Waals surface area contributed by atoms with Crippen LogP contribution < -0.4 is 10.2 Å². The average molecular weight is 453 g/mol. The van der Waals surface area contributed by atoms with Gasteiger partial charge in [0.1, 0.15) is 12.2 Å². The molecule has 1 aromatic heterocycles. The van der Waals surface area contributed by atoms with E-state index < -0.39 is 0 Å². The summed E-state index contributed by atoms with van der Waals surface area (Å²) in [4.78, 5) is 13.3. The van der Waals surface area contributed by atoms with E-state index in [1.807, 2.05) is 30.3 Å². The molecule has 3 aromatic carbocycles. The van der Waals surface area contributed by atoms with Crippen LogP contribution >= 0.6 is 23.2 Å². The summed E-state index contributed by atoms with van der Waals surface area (Å²) in [6.45, 7) is 6.58. The molecule has 0 aliphatic rings. The first-order valence-electron chi connectivity index (χ1n) is 9.97. The van der Waals surface area contributed by atoms with Crippen LogP contribution in [0.1, 0.15) is 31.9 Å². The smallest absolute Gasteiger partial charge is 0.235 e. The molecular weight excluding hydrogens is 431 g/mol. The van der Waals surface area contributed by atoms with Gasteiger partial charge in [-0.3, -0.25) is 4.79 Å². The molecule has 0 aliphatic carbocycles. The standard InChI is InChI=1S/C26H22Cl2O3/c1-26(2,3)18-11-8-16(9-12-18)24-25(23(29)20-6-4-5-7-22(20)31-24)30-15-17-10-13-19(27)14-21(17)28/h4-14H,15H2,1-3H3. The second-order valence-corrected chi connectivity index (χ2v) is 9.28. The summed E-state index contributed by atoms with van der Waals surface area (Å²) < 4.78 is 12.1. The first-order valence-corrected chi connectivity index (χ1v) is 10.7. The van der Waals surface area contributed by atoms with Crippen LogP contribution in [0.3, 0.4) is 0 Å². The van der Waals surface area contributed by atoms with Gasteiger partial charge in [-0.05, 0) is 35.2 Å². The van der Waals surface area contributed by atoms with Gasteiger partial charge in [0.25, 0.3) is 0 Å². The SMILES string of the molecule is CC(C)(C)c1ccc(-c2oc3ccccc3c(=O)c2OCc2ccc(Cl)cc2Cl)cc1. The molecule has 0 unspecified atom stereocenters. The van der Waals surface area contributed by atoms with Crippen molar-refractivity contribution in [1.29, 1.82) is 0 Å². The second-order valence-electron chi connectivity index (χ2n) is 8.44. The van der Waals surface area contributed by atoms with Crippen molar-refractivity contribution in [3.8, 4) is 17.1 Å². The molecule has 4 aromatic rings. The Morgan fingerprint density at radius 3 is 2.32 bits per heavy atom. The summed E-state index contributed by atoms with van der Waals surface area (Å²) in [5.41, 5.74) is 3.00. The van der Waals surface area contributed by atoms with E-state index in [4.69, 9.17) is 32.4 Å². The van der Waals surface area contributed by atoms with E-state index in [2.05, 4.69) is 20.8 Å². The first kappa shape index (κ1) is 21.5. The van der Waals surface area contributed by atoms with Gasteiger partial charge in [-0.25, -0.2) is 0 Å². The zero-order valence-electron chi connectivity index (χ0n) is 17.5. The number of hydrogen-bond acceptors (Lipinski definition) is 3. The maximum absolute atomic E-state index is 13.3. The number of halogens is 2. The monoisotopic (exact) mass is 452 g/mol. The van der Waals surface area contributed by atoms with Crippen molar-refractivity contribution in [2.75, 3.05) is 0 Å². The maximum Gasteiger partial charge on any atom is 0.235 e. The third-order valence-corrected chi connectivity index (χ3v) is 5.74. The Labute approximate surface area is 191 Å². The molecule has 5 heteroatoms. The molecule has 0 spiro atoms. The molecule has 4 rings (SSSR count). The summed E-state index contributed by atoms with van der Waals surface area (Å²) in [5.74, 6) is 0.558. The normalized spacial score (nSPS) is 11.6. The molecule has 0 radical (unpaired) electrons. The minimum atomic E-state index is -0.221. The van der Waals surface area contributed by atoms with Crippen molar-refractivity contribution in [2.45, 2.75) is 32.8 Å². The Morgan fingerprint density at radius 1 is 0.935 bits per heavy atom. The van der Waals surface area contributed by atoms with Crippen LogP contribution in [0.4, 0.5) is 0 Å². The summed E-state index contributed by atoms with van der Waals surface area (Å²) >= 11 is 12.3.